The molecule has 0 fully saturated rings. The van der Waals surface area contributed by atoms with E-state index in [0.29, 0.717) is 22.3 Å². The van der Waals surface area contributed by atoms with Crippen LogP contribution in [0.15, 0.2) is 49.1 Å². The fourth-order valence-electron chi connectivity index (χ4n) is 3.57. The number of carbonyl (C=O) groups is 1. The lowest BCUT2D eigenvalue weighted by Gasteiger charge is -2.20. The number of halogens is 1. The predicted octanol–water partition coefficient (Wildman–Crippen LogP) is 5.81. The molecule has 0 aliphatic rings. The maximum absolute atomic E-state index is 13.5. The molecule has 0 saturated carbocycles. The number of aromatic nitrogens is 3. The van der Waals surface area contributed by atoms with Gasteiger partial charge in [0.15, 0.2) is 5.13 Å². The van der Waals surface area contributed by atoms with Gasteiger partial charge in [-0.1, -0.05) is 40.1 Å². The van der Waals surface area contributed by atoms with Gasteiger partial charge in [0, 0.05) is 36.1 Å². The average Bonchev–Trinajstić information content (AvgIpc) is 3.37. The highest BCUT2D eigenvalue weighted by Gasteiger charge is 2.22. The first kappa shape index (κ1) is 20.6. The van der Waals surface area contributed by atoms with Crippen LogP contribution in [0, 0.1) is 20.8 Å². The smallest absolute Gasteiger partial charge is 0.260 e. The highest BCUT2D eigenvalue weighted by molar-refractivity contribution is 7.22. The van der Waals surface area contributed by atoms with Crippen molar-refractivity contribution in [3.63, 3.8) is 0 Å². The largest absolute Gasteiger partial charge is 0.337 e. The third-order valence-electron chi connectivity index (χ3n) is 5.04. The van der Waals surface area contributed by atoms with E-state index in [1.165, 1.54) is 11.3 Å². The van der Waals surface area contributed by atoms with Crippen molar-refractivity contribution in [3.05, 3.63) is 76.3 Å². The molecule has 0 N–H and O–H groups in total. The maximum atomic E-state index is 13.5. The van der Waals surface area contributed by atoms with Crippen LogP contribution in [0.5, 0.6) is 0 Å². The summed E-state index contributed by atoms with van der Waals surface area (Å²) < 4.78 is 3.04. The van der Waals surface area contributed by atoms with Crippen molar-refractivity contribution in [2.75, 3.05) is 11.4 Å². The molecule has 4 aromatic rings. The van der Waals surface area contributed by atoms with Gasteiger partial charge in [0.25, 0.3) is 5.91 Å². The van der Waals surface area contributed by atoms with Crippen LogP contribution in [0.1, 0.15) is 33.5 Å². The number of nitrogens with zero attached hydrogens (tertiary/aromatic N) is 4. The summed E-state index contributed by atoms with van der Waals surface area (Å²) in [6.45, 7) is 7.33. The fourth-order valence-corrected chi connectivity index (χ4v) is 4.77. The zero-order valence-electron chi connectivity index (χ0n) is 17.2. The summed E-state index contributed by atoms with van der Waals surface area (Å²) in [6.07, 6.45) is 6.28. The molecule has 4 rings (SSSR count). The van der Waals surface area contributed by atoms with Crippen LogP contribution in [0.3, 0.4) is 0 Å². The number of anilines is 1. The van der Waals surface area contributed by atoms with Gasteiger partial charge in [0.2, 0.25) is 0 Å². The second-order valence-electron chi connectivity index (χ2n) is 7.50. The maximum Gasteiger partial charge on any atom is 0.260 e. The second kappa shape index (κ2) is 8.58. The van der Waals surface area contributed by atoms with Crippen molar-refractivity contribution in [1.82, 2.24) is 14.5 Å². The van der Waals surface area contributed by atoms with Crippen molar-refractivity contribution in [2.45, 2.75) is 33.7 Å². The summed E-state index contributed by atoms with van der Waals surface area (Å²) in [6, 6.07) is 9.80. The Labute approximate surface area is 185 Å². The van der Waals surface area contributed by atoms with Crippen molar-refractivity contribution >= 4 is 44.2 Å². The van der Waals surface area contributed by atoms with Crippen LogP contribution >= 0.6 is 22.9 Å². The number of hydrogen-bond acceptors (Lipinski definition) is 4. The Hall–Kier alpha value is -2.70. The number of thiazole rings is 1. The monoisotopic (exact) mass is 438 g/mol. The van der Waals surface area contributed by atoms with Crippen LogP contribution in [0.2, 0.25) is 5.02 Å². The molecule has 5 nitrogen and oxygen atoms in total. The Morgan fingerprint density at radius 3 is 2.63 bits per heavy atom. The Kier molecular flexibility index (Phi) is 5.88. The summed E-state index contributed by atoms with van der Waals surface area (Å²) >= 11 is 7.81. The summed E-state index contributed by atoms with van der Waals surface area (Å²) in [5, 5.41) is 1.39. The van der Waals surface area contributed by atoms with Gasteiger partial charge in [0.05, 0.1) is 16.5 Å². The lowest BCUT2D eigenvalue weighted by Crippen LogP contribution is -2.32. The van der Waals surface area contributed by atoms with E-state index in [0.717, 1.165) is 39.9 Å². The van der Waals surface area contributed by atoms with Gasteiger partial charge < -0.3 is 4.57 Å². The molecule has 0 spiro atoms. The third-order valence-corrected chi connectivity index (χ3v) is 6.49. The number of benzene rings is 2. The number of hydrogen-bond donors (Lipinski definition) is 0. The van der Waals surface area contributed by atoms with Gasteiger partial charge in [-0.15, -0.1) is 0 Å². The molecule has 0 bridgehead atoms. The first-order chi connectivity index (χ1) is 14.4. The number of fused-ring (bicyclic) bond motifs is 1. The van der Waals surface area contributed by atoms with E-state index >= 15 is 0 Å². The average molecular weight is 439 g/mol. The Morgan fingerprint density at radius 1 is 1.17 bits per heavy atom. The minimum Gasteiger partial charge on any atom is -0.337 e. The lowest BCUT2D eigenvalue weighted by atomic mass is 10.1. The molecule has 0 aliphatic carbocycles. The summed E-state index contributed by atoms with van der Waals surface area (Å²) in [7, 11) is 0. The molecule has 0 atom stereocenters. The van der Waals surface area contributed by atoms with Crippen LogP contribution in [-0.4, -0.2) is 27.0 Å². The first-order valence-corrected chi connectivity index (χ1v) is 11.0. The van der Waals surface area contributed by atoms with E-state index < -0.39 is 0 Å². The number of imidazole rings is 1. The van der Waals surface area contributed by atoms with Crippen LogP contribution in [-0.2, 0) is 6.54 Å². The van der Waals surface area contributed by atoms with E-state index in [1.54, 1.807) is 17.4 Å². The number of carbonyl (C=O) groups excluding carboxylic acids is 1. The normalized spacial score (nSPS) is 11.2. The Bertz CT molecular complexity index is 1180. The molecule has 0 aliphatic heterocycles. The quantitative estimate of drug-likeness (QED) is 0.381. The standard InChI is InChI=1S/C23H23ClN4OS/c1-15-11-16(2)13-18(12-15)22(29)28(9-4-8-27-10-7-25-14-27)23-26-21-17(3)19(24)5-6-20(21)30-23/h5-7,10-14H,4,8-9H2,1-3H3. The third kappa shape index (κ3) is 4.25. The molecule has 0 radical (unpaired) electrons. The molecule has 2 heterocycles. The zero-order chi connectivity index (χ0) is 21.3. The van der Waals surface area contributed by atoms with Crippen molar-refractivity contribution < 1.29 is 4.79 Å². The molecule has 2 aromatic carbocycles. The Balaban J connectivity index is 1.69. The zero-order valence-corrected chi connectivity index (χ0v) is 18.8. The van der Waals surface area contributed by atoms with Gasteiger partial charge >= 0.3 is 0 Å². The van der Waals surface area contributed by atoms with Gasteiger partial charge in [-0.05, 0) is 57.0 Å². The molecule has 7 heteroatoms. The minimum absolute atomic E-state index is 0.0322. The Morgan fingerprint density at radius 2 is 1.93 bits per heavy atom. The highest BCUT2D eigenvalue weighted by Crippen LogP contribution is 2.34. The number of aryl methyl sites for hydroxylation is 4. The van der Waals surface area contributed by atoms with E-state index in [-0.39, 0.29) is 5.91 Å². The molecule has 30 heavy (non-hydrogen) atoms. The summed E-state index contributed by atoms with van der Waals surface area (Å²) in [4.78, 5) is 24.2. The van der Waals surface area contributed by atoms with E-state index in [2.05, 4.69) is 11.1 Å². The molecule has 0 saturated heterocycles. The topological polar surface area (TPSA) is 51.0 Å². The van der Waals surface area contributed by atoms with E-state index in [4.69, 9.17) is 16.6 Å². The summed E-state index contributed by atoms with van der Waals surface area (Å²) in [5.74, 6) is -0.0322. The molecule has 1 amide bonds. The van der Waals surface area contributed by atoms with Crippen LogP contribution in [0.4, 0.5) is 5.13 Å². The first-order valence-electron chi connectivity index (χ1n) is 9.84. The van der Waals surface area contributed by atoms with Crippen molar-refractivity contribution in [1.29, 1.82) is 0 Å². The van der Waals surface area contributed by atoms with Crippen molar-refractivity contribution in [3.8, 4) is 0 Å². The van der Waals surface area contributed by atoms with Gasteiger partial charge in [-0.2, -0.15) is 0 Å². The van der Waals surface area contributed by atoms with Gasteiger partial charge in [-0.3, -0.25) is 9.69 Å². The molecule has 0 unspecified atom stereocenters. The van der Waals surface area contributed by atoms with Crippen molar-refractivity contribution in [2.24, 2.45) is 0 Å². The van der Waals surface area contributed by atoms with E-state index in [1.807, 2.05) is 55.8 Å². The fraction of sp³-hybridized carbons (Fsp3) is 0.261. The SMILES string of the molecule is Cc1cc(C)cc(C(=O)N(CCCn2ccnc2)c2nc3c(C)c(Cl)ccc3s2)c1. The molecular weight excluding hydrogens is 416 g/mol. The van der Waals surface area contributed by atoms with Crippen LogP contribution < -0.4 is 4.90 Å². The molecule has 154 valence electrons. The number of amides is 1. The lowest BCUT2D eigenvalue weighted by molar-refractivity contribution is 0.0986. The van der Waals surface area contributed by atoms with Crippen LogP contribution in [0.25, 0.3) is 10.2 Å². The minimum atomic E-state index is -0.0322. The van der Waals surface area contributed by atoms with Gasteiger partial charge in [-0.25, -0.2) is 9.97 Å². The van der Waals surface area contributed by atoms with E-state index in [9.17, 15) is 4.79 Å². The summed E-state index contributed by atoms with van der Waals surface area (Å²) in [5.41, 5.74) is 4.63. The molecule has 2 aromatic heterocycles. The predicted molar refractivity (Wildman–Crippen MR) is 124 cm³/mol. The highest BCUT2D eigenvalue weighted by atomic mass is 35.5. The molecular formula is C23H23ClN4OS. The second-order valence-corrected chi connectivity index (χ2v) is 8.92. The number of rotatable bonds is 6. The van der Waals surface area contributed by atoms with Gasteiger partial charge in [0.1, 0.15) is 0 Å².